The summed E-state index contributed by atoms with van der Waals surface area (Å²) in [6, 6.07) is 11.9. The van der Waals surface area contributed by atoms with E-state index in [1.54, 1.807) is 36.7 Å². The number of pyridine rings is 1. The molecule has 3 aromatic rings. The maximum Gasteiger partial charge on any atom is 0.573 e. The van der Waals surface area contributed by atoms with E-state index >= 15 is 0 Å². The molecule has 1 aromatic carbocycles. The fraction of sp³-hybridized carbons (Fsp3) is 0.158. The number of carbonyl (C=O) groups excluding carboxylic acids is 1. The monoisotopic (exact) mass is 418 g/mol. The molecule has 11 heteroatoms. The van der Waals surface area contributed by atoms with Crippen LogP contribution in [0.3, 0.4) is 0 Å². The first-order chi connectivity index (χ1) is 14.4. The van der Waals surface area contributed by atoms with E-state index in [0.29, 0.717) is 18.2 Å². The summed E-state index contributed by atoms with van der Waals surface area (Å²) in [5.74, 6) is 0.0857. The molecule has 0 atom stereocenters. The minimum atomic E-state index is -4.82. The van der Waals surface area contributed by atoms with Gasteiger partial charge in [-0.3, -0.25) is 9.78 Å². The van der Waals surface area contributed by atoms with Crippen molar-refractivity contribution in [1.29, 1.82) is 0 Å². The molecule has 0 saturated carbocycles. The first-order valence-corrected chi connectivity index (χ1v) is 8.78. The maximum atomic E-state index is 12.3. The summed E-state index contributed by atoms with van der Waals surface area (Å²) >= 11 is 0. The van der Waals surface area contributed by atoms with Crippen molar-refractivity contribution in [2.24, 2.45) is 0 Å². The number of nitrogens with zero attached hydrogens (tertiary/aromatic N) is 3. The van der Waals surface area contributed by atoms with Crippen molar-refractivity contribution in [3.05, 3.63) is 66.5 Å². The predicted molar refractivity (Wildman–Crippen MR) is 103 cm³/mol. The van der Waals surface area contributed by atoms with Crippen molar-refractivity contribution in [3.63, 3.8) is 0 Å². The predicted octanol–water partition coefficient (Wildman–Crippen LogP) is 3.36. The number of ether oxygens (including phenoxy) is 1. The molecule has 156 valence electrons. The Morgan fingerprint density at radius 3 is 2.40 bits per heavy atom. The summed E-state index contributed by atoms with van der Waals surface area (Å²) in [4.78, 5) is 16.0. The number of amides is 1. The van der Waals surface area contributed by atoms with Crippen LogP contribution in [0.1, 0.15) is 10.4 Å². The van der Waals surface area contributed by atoms with Crippen LogP contribution >= 0.6 is 0 Å². The molecule has 0 aliphatic carbocycles. The lowest BCUT2D eigenvalue weighted by atomic mass is 10.2. The minimum Gasteiger partial charge on any atom is -0.406 e. The molecular formula is C19H17F3N6O2. The van der Waals surface area contributed by atoms with E-state index in [-0.39, 0.29) is 12.1 Å². The molecule has 30 heavy (non-hydrogen) atoms. The quantitative estimate of drug-likeness (QED) is 0.482. The number of alkyl halides is 3. The van der Waals surface area contributed by atoms with Gasteiger partial charge in [-0.1, -0.05) is 6.07 Å². The van der Waals surface area contributed by atoms with Crippen molar-refractivity contribution >= 4 is 23.2 Å². The zero-order chi connectivity index (χ0) is 21.4. The van der Waals surface area contributed by atoms with Gasteiger partial charge in [-0.15, -0.1) is 23.4 Å². The average molecular weight is 418 g/mol. The maximum absolute atomic E-state index is 12.3. The lowest BCUT2D eigenvalue weighted by molar-refractivity contribution is -0.274. The molecule has 8 nitrogen and oxygen atoms in total. The largest absolute Gasteiger partial charge is 0.573 e. The van der Waals surface area contributed by atoms with Gasteiger partial charge < -0.3 is 20.7 Å². The summed E-state index contributed by atoms with van der Waals surface area (Å²) in [6.07, 6.45) is -1.51. The van der Waals surface area contributed by atoms with Gasteiger partial charge in [-0.2, -0.15) is 0 Å². The average Bonchev–Trinajstić information content (AvgIpc) is 2.72. The molecule has 1 amide bonds. The Labute approximate surface area is 169 Å². The molecule has 2 aromatic heterocycles. The summed E-state index contributed by atoms with van der Waals surface area (Å²) in [6.45, 7) is 0.568. The van der Waals surface area contributed by atoms with Crippen molar-refractivity contribution < 1.29 is 22.7 Å². The van der Waals surface area contributed by atoms with Crippen LogP contribution in [0.15, 0.2) is 60.9 Å². The van der Waals surface area contributed by atoms with Gasteiger partial charge in [0.05, 0.1) is 0 Å². The number of rotatable bonds is 8. The Kier molecular flexibility index (Phi) is 6.63. The second kappa shape index (κ2) is 9.54. The fourth-order valence-corrected chi connectivity index (χ4v) is 2.38. The van der Waals surface area contributed by atoms with Crippen molar-refractivity contribution in [2.75, 3.05) is 23.7 Å². The van der Waals surface area contributed by atoms with E-state index in [0.717, 1.165) is 17.8 Å². The summed E-state index contributed by atoms with van der Waals surface area (Å²) in [5.41, 5.74) is 0.885. The smallest absolute Gasteiger partial charge is 0.406 e. The molecule has 0 aliphatic rings. The van der Waals surface area contributed by atoms with Gasteiger partial charge in [0, 0.05) is 36.7 Å². The zero-order valence-corrected chi connectivity index (χ0v) is 15.5. The minimum absolute atomic E-state index is 0.0584. The fourth-order valence-electron chi connectivity index (χ4n) is 2.38. The van der Waals surface area contributed by atoms with Gasteiger partial charge in [0.15, 0.2) is 5.82 Å². The molecule has 3 N–H and O–H groups in total. The highest BCUT2D eigenvalue weighted by Gasteiger charge is 2.31. The zero-order valence-electron chi connectivity index (χ0n) is 15.5. The Morgan fingerprint density at radius 1 is 0.967 bits per heavy atom. The first-order valence-electron chi connectivity index (χ1n) is 8.78. The summed E-state index contributed by atoms with van der Waals surface area (Å²) in [7, 11) is 0. The van der Waals surface area contributed by atoms with E-state index < -0.39 is 18.0 Å². The van der Waals surface area contributed by atoms with Crippen LogP contribution in [-0.2, 0) is 0 Å². The third kappa shape index (κ3) is 6.62. The van der Waals surface area contributed by atoms with E-state index in [4.69, 9.17) is 0 Å². The highest BCUT2D eigenvalue weighted by molar-refractivity contribution is 5.94. The van der Waals surface area contributed by atoms with Crippen LogP contribution in [0, 0.1) is 0 Å². The molecule has 0 bridgehead atoms. The van der Waals surface area contributed by atoms with Crippen LogP contribution in [-0.4, -0.2) is 40.5 Å². The van der Waals surface area contributed by atoms with Gasteiger partial charge >= 0.3 is 6.36 Å². The van der Waals surface area contributed by atoms with Gasteiger partial charge in [0.1, 0.15) is 11.6 Å². The lowest BCUT2D eigenvalue weighted by Crippen LogP contribution is -2.29. The molecule has 0 radical (unpaired) electrons. The standard InChI is InChI=1S/C19H17F3N6O2/c20-19(21,22)30-15-3-1-2-13(12-15)18(29)25-11-10-24-16-4-5-17(28-27-16)26-14-6-8-23-9-7-14/h1-9,12H,10-11H2,(H,24,27)(H,25,29)(H,23,26,28). The normalized spacial score (nSPS) is 10.9. The molecule has 0 spiro atoms. The SMILES string of the molecule is O=C(NCCNc1ccc(Nc2ccncc2)nn1)c1cccc(OC(F)(F)F)c1. The lowest BCUT2D eigenvalue weighted by Gasteiger charge is -2.11. The van der Waals surface area contributed by atoms with Gasteiger partial charge in [0.25, 0.3) is 5.91 Å². The number of aromatic nitrogens is 3. The number of carbonyl (C=O) groups is 1. The summed E-state index contributed by atoms with van der Waals surface area (Å²) in [5, 5.41) is 16.7. The van der Waals surface area contributed by atoms with Crippen LogP contribution in [0.5, 0.6) is 5.75 Å². The van der Waals surface area contributed by atoms with E-state index in [1.807, 2.05) is 0 Å². The van der Waals surface area contributed by atoms with E-state index in [1.165, 1.54) is 12.1 Å². The Balaban J connectivity index is 1.43. The topological polar surface area (TPSA) is 101 Å². The van der Waals surface area contributed by atoms with Crippen LogP contribution in [0.25, 0.3) is 0 Å². The molecule has 0 unspecified atom stereocenters. The third-order valence-corrected chi connectivity index (χ3v) is 3.66. The van der Waals surface area contributed by atoms with E-state index in [9.17, 15) is 18.0 Å². The Bertz CT molecular complexity index is 968. The first kappa shape index (κ1) is 20.8. The summed E-state index contributed by atoms with van der Waals surface area (Å²) < 4.78 is 40.6. The van der Waals surface area contributed by atoms with E-state index in [2.05, 4.69) is 35.9 Å². The molecule has 3 rings (SSSR count). The van der Waals surface area contributed by atoms with Crippen LogP contribution in [0.4, 0.5) is 30.5 Å². The third-order valence-electron chi connectivity index (χ3n) is 3.66. The van der Waals surface area contributed by atoms with Crippen LogP contribution in [0.2, 0.25) is 0 Å². The molecule has 0 saturated heterocycles. The number of nitrogens with one attached hydrogen (secondary N) is 3. The Hall–Kier alpha value is -3.89. The molecule has 0 aliphatic heterocycles. The second-order valence-corrected chi connectivity index (χ2v) is 5.92. The van der Waals surface area contributed by atoms with Crippen molar-refractivity contribution in [2.45, 2.75) is 6.36 Å². The molecule has 2 heterocycles. The second-order valence-electron chi connectivity index (χ2n) is 5.92. The highest BCUT2D eigenvalue weighted by atomic mass is 19.4. The van der Waals surface area contributed by atoms with Crippen LogP contribution < -0.4 is 20.7 Å². The van der Waals surface area contributed by atoms with Gasteiger partial charge in [-0.25, -0.2) is 0 Å². The number of hydrogen-bond donors (Lipinski definition) is 3. The number of benzene rings is 1. The van der Waals surface area contributed by atoms with Crippen molar-refractivity contribution in [3.8, 4) is 5.75 Å². The number of anilines is 3. The number of hydrogen-bond acceptors (Lipinski definition) is 7. The molecular weight excluding hydrogens is 401 g/mol. The van der Waals surface area contributed by atoms with Gasteiger partial charge in [-0.05, 0) is 42.5 Å². The van der Waals surface area contributed by atoms with Gasteiger partial charge in [0.2, 0.25) is 0 Å². The Morgan fingerprint density at radius 2 is 1.70 bits per heavy atom. The van der Waals surface area contributed by atoms with Crippen molar-refractivity contribution in [1.82, 2.24) is 20.5 Å². The highest BCUT2D eigenvalue weighted by Crippen LogP contribution is 2.23. The molecule has 0 fully saturated rings. The number of halogens is 3.